The molecule has 0 saturated carbocycles. The zero-order valence-electron chi connectivity index (χ0n) is 11.9. The van der Waals surface area contributed by atoms with E-state index in [1.165, 1.54) is 0 Å². The summed E-state index contributed by atoms with van der Waals surface area (Å²) in [4.78, 5) is 25.7. The van der Waals surface area contributed by atoms with Crippen molar-refractivity contribution in [3.05, 3.63) is 29.8 Å². The molecular formula is C15H20N2O3. The molecule has 108 valence electrons. The summed E-state index contributed by atoms with van der Waals surface area (Å²) in [7, 11) is 1.59. The van der Waals surface area contributed by atoms with Crippen molar-refractivity contribution in [3.63, 3.8) is 0 Å². The number of hydrogen-bond acceptors (Lipinski definition) is 3. The molecule has 0 aromatic heterocycles. The number of carbonyl (C=O) groups is 2. The van der Waals surface area contributed by atoms with Gasteiger partial charge >= 0.3 is 0 Å². The fourth-order valence-electron chi connectivity index (χ4n) is 2.28. The summed E-state index contributed by atoms with van der Waals surface area (Å²) in [6, 6.07) is 7.76. The number of anilines is 1. The zero-order valence-corrected chi connectivity index (χ0v) is 11.9. The Morgan fingerprint density at radius 3 is 2.75 bits per heavy atom. The standard InChI is InChI=1S/C15H20N2O3/c1-11-3-5-13(6-4-11)17-10-12(9-14(17)18)15(19)16-7-8-20-2/h3-6,12H,7-10H2,1-2H3,(H,16,19)/t12-/m1/s1. The fraction of sp³-hybridized carbons (Fsp3) is 0.467. The van der Waals surface area contributed by atoms with Gasteiger partial charge in [-0.3, -0.25) is 9.59 Å². The van der Waals surface area contributed by atoms with Crippen LogP contribution in [-0.4, -0.2) is 38.6 Å². The Hall–Kier alpha value is -1.88. The quantitative estimate of drug-likeness (QED) is 0.820. The van der Waals surface area contributed by atoms with Crippen molar-refractivity contribution in [1.82, 2.24) is 5.32 Å². The van der Waals surface area contributed by atoms with Crippen LogP contribution in [0.5, 0.6) is 0 Å². The van der Waals surface area contributed by atoms with Crippen LogP contribution in [0.4, 0.5) is 5.69 Å². The third kappa shape index (κ3) is 3.36. The zero-order chi connectivity index (χ0) is 14.5. The van der Waals surface area contributed by atoms with Gasteiger partial charge in [-0.05, 0) is 19.1 Å². The number of methoxy groups -OCH3 is 1. The molecule has 0 spiro atoms. The van der Waals surface area contributed by atoms with E-state index in [-0.39, 0.29) is 24.2 Å². The van der Waals surface area contributed by atoms with E-state index in [4.69, 9.17) is 4.74 Å². The van der Waals surface area contributed by atoms with Gasteiger partial charge in [0.05, 0.1) is 12.5 Å². The monoisotopic (exact) mass is 276 g/mol. The maximum absolute atomic E-state index is 12.0. The van der Waals surface area contributed by atoms with E-state index in [2.05, 4.69) is 5.32 Å². The van der Waals surface area contributed by atoms with Gasteiger partial charge in [-0.2, -0.15) is 0 Å². The van der Waals surface area contributed by atoms with Crippen molar-refractivity contribution in [2.45, 2.75) is 13.3 Å². The molecule has 1 aliphatic heterocycles. The Labute approximate surface area is 118 Å². The Morgan fingerprint density at radius 2 is 2.10 bits per heavy atom. The van der Waals surface area contributed by atoms with E-state index < -0.39 is 0 Å². The highest BCUT2D eigenvalue weighted by Gasteiger charge is 2.34. The van der Waals surface area contributed by atoms with Crippen LogP contribution in [-0.2, 0) is 14.3 Å². The van der Waals surface area contributed by atoms with E-state index >= 15 is 0 Å². The third-order valence-corrected chi connectivity index (χ3v) is 3.45. The van der Waals surface area contributed by atoms with Crippen molar-refractivity contribution in [3.8, 4) is 0 Å². The molecule has 20 heavy (non-hydrogen) atoms. The van der Waals surface area contributed by atoms with Gasteiger partial charge in [-0.1, -0.05) is 17.7 Å². The lowest BCUT2D eigenvalue weighted by molar-refractivity contribution is -0.126. The van der Waals surface area contributed by atoms with Crippen LogP contribution in [0.1, 0.15) is 12.0 Å². The van der Waals surface area contributed by atoms with Gasteiger partial charge in [0.1, 0.15) is 0 Å². The minimum atomic E-state index is -0.277. The third-order valence-electron chi connectivity index (χ3n) is 3.45. The summed E-state index contributed by atoms with van der Waals surface area (Å²) >= 11 is 0. The summed E-state index contributed by atoms with van der Waals surface area (Å²) in [5.41, 5.74) is 2.00. The smallest absolute Gasteiger partial charge is 0.227 e. The van der Waals surface area contributed by atoms with E-state index in [9.17, 15) is 9.59 Å². The van der Waals surface area contributed by atoms with Crippen molar-refractivity contribution < 1.29 is 14.3 Å². The van der Waals surface area contributed by atoms with Crippen LogP contribution >= 0.6 is 0 Å². The Kier molecular flexibility index (Phi) is 4.74. The maximum Gasteiger partial charge on any atom is 0.227 e. The molecular weight excluding hydrogens is 256 g/mol. The Balaban J connectivity index is 1.96. The summed E-state index contributed by atoms with van der Waals surface area (Å²) < 4.78 is 4.89. The summed E-state index contributed by atoms with van der Waals surface area (Å²) in [6.45, 7) is 3.40. The molecule has 1 N–H and O–H groups in total. The SMILES string of the molecule is COCCNC(=O)[C@@H]1CC(=O)N(c2ccc(C)cc2)C1. The lowest BCUT2D eigenvalue weighted by Gasteiger charge is -2.17. The molecule has 5 nitrogen and oxygen atoms in total. The van der Waals surface area contributed by atoms with Crippen LogP contribution in [0.15, 0.2) is 24.3 Å². The Bertz CT molecular complexity index is 484. The first-order valence-electron chi connectivity index (χ1n) is 6.75. The molecule has 0 aliphatic carbocycles. The number of carbonyl (C=O) groups excluding carboxylic acids is 2. The van der Waals surface area contributed by atoms with E-state index in [0.29, 0.717) is 19.7 Å². The molecule has 0 radical (unpaired) electrons. The van der Waals surface area contributed by atoms with Crippen LogP contribution in [0.25, 0.3) is 0 Å². The van der Waals surface area contributed by atoms with Crippen molar-refractivity contribution in [2.24, 2.45) is 5.92 Å². The molecule has 5 heteroatoms. The molecule has 2 amide bonds. The summed E-state index contributed by atoms with van der Waals surface area (Å²) in [5, 5.41) is 2.78. The van der Waals surface area contributed by atoms with Crippen LogP contribution in [0, 0.1) is 12.8 Å². The maximum atomic E-state index is 12.0. The first kappa shape index (κ1) is 14.5. The second-order valence-electron chi connectivity index (χ2n) is 5.02. The molecule has 1 aliphatic rings. The topological polar surface area (TPSA) is 58.6 Å². The average Bonchev–Trinajstić information content (AvgIpc) is 2.82. The molecule has 0 bridgehead atoms. The average molecular weight is 276 g/mol. The number of aryl methyl sites for hydroxylation is 1. The molecule has 1 saturated heterocycles. The number of nitrogens with zero attached hydrogens (tertiary/aromatic N) is 1. The van der Waals surface area contributed by atoms with Crippen LogP contribution < -0.4 is 10.2 Å². The lowest BCUT2D eigenvalue weighted by Crippen LogP contribution is -2.34. The Morgan fingerprint density at radius 1 is 1.40 bits per heavy atom. The fourth-order valence-corrected chi connectivity index (χ4v) is 2.28. The molecule has 0 unspecified atom stereocenters. The van der Waals surface area contributed by atoms with Gasteiger partial charge < -0.3 is 15.0 Å². The van der Waals surface area contributed by atoms with Crippen molar-refractivity contribution in [2.75, 3.05) is 31.7 Å². The highest BCUT2D eigenvalue weighted by Crippen LogP contribution is 2.25. The van der Waals surface area contributed by atoms with E-state index in [1.807, 2.05) is 31.2 Å². The first-order chi connectivity index (χ1) is 9.61. The molecule has 1 fully saturated rings. The van der Waals surface area contributed by atoms with Gasteiger partial charge in [-0.25, -0.2) is 0 Å². The number of rotatable bonds is 5. The van der Waals surface area contributed by atoms with Crippen molar-refractivity contribution >= 4 is 17.5 Å². The number of ether oxygens (including phenoxy) is 1. The highest BCUT2D eigenvalue weighted by molar-refractivity contribution is 6.00. The van der Waals surface area contributed by atoms with Crippen LogP contribution in [0.2, 0.25) is 0 Å². The van der Waals surface area contributed by atoms with Gasteiger partial charge in [0.25, 0.3) is 0 Å². The lowest BCUT2D eigenvalue weighted by atomic mass is 10.1. The molecule has 1 atom stereocenters. The number of amides is 2. The summed E-state index contributed by atoms with van der Waals surface area (Å²) in [5.74, 6) is -0.355. The number of nitrogens with one attached hydrogen (secondary N) is 1. The van der Waals surface area contributed by atoms with Gasteiger partial charge in [-0.15, -0.1) is 0 Å². The van der Waals surface area contributed by atoms with Gasteiger partial charge in [0.15, 0.2) is 0 Å². The van der Waals surface area contributed by atoms with E-state index in [1.54, 1.807) is 12.0 Å². The summed E-state index contributed by atoms with van der Waals surface area (Å²) in [6.07, 6.45) is 0.271. The first-order valence-corrected chi connectivity index (χ1v) is 6.75. The van der Waals surface area contributed by atoms with Crippen LogP contribution in [0.3, 0.4) is 0 Å². The minimum Gasteiger partial charge on any atom is -0.383 e. The molecule has 1 heterocycles. The largest absolute Gasteiger partial charge is 0.383 e. The van der Waals surface area contributed by atoms with Gasteiger partial charge in [0.2, 0.25) is 11.8 Å². The molecule has 1 aromatic carbocycles. The number of benzene rings is 1. The van der Waals surface area contributed by atoms with Crippen molar-refractivity contribution in [1.29, 1.82) is 0 Å². The number of hydrogen-bond donors (Lipinski definition) is 1. The molecule has 1 aromatic rings. The normalized spacial score (nSPS) is 18.4. The molecule has 2 rings (SSSR count). The predicted octanol–water partition coefficient (Wildman–Crippen LogP) is 1.11. The van der Waals surface area contributed by atoms with Gasteiger partial charge in [0, 0.05) is 32.3 Å². The highest BCUT2D eigenvalue weighted by atomic mass is 16.5. The minimum absolute atomic E-state index is 0.000689. The van der Waals surface area contributed by atoms with E-state index in [0.717, 1.165) is 11.3 Å². The predicted molar refractivity (Wildman–Crippen MR) is 76.5 cm³/mol. The second kappa shape index (κ2) is 6.52. The second-order valence-corrected chi connectivity index (χ2v) is 5.02.